The van der Waals surface area contributed by atoms with E-state index in [9.17, 15) is 4.79 Å². The van der Waals surface area contributed by atoms with Crippen molar-refractivity contribution in [1.82, 2.24) is 4.90 Å². The highest BCUT2D eigenvalue weighted by atomic mass is 35.5. The summed E-state index contributed by atoms with van der Waals surface area (Å²) in [5.74, 6) is 1.78. The van der Waals surface area contributed by atoms with Crippen molar-refractivity contribution in [2.75, 3.05) is 18.8 Å². The van der Waals surface area contributed by atoms with E-state index in [-0.39, 0.29) is 18.3 Å². The molecule has 108 valence electrons. The summed E-state index contributed by atoms with van der Waals surface area (Å²) in [7, 11) is 0. The summed E-state index contributed by atoms with van der Waals surface area (Å²) >= 11 is 1.98. The van der Waals surface area contributed by atoms with Crippen LogP contribution in [-0.2, 0) is 4.79 Å². The summed E-state index contributed by atoms with van der Waals surface area (Å²) in [6, 6.07) is 0. The minimum absolute atomic E-state index is 0. The number of hydrogen-bond donors (Lipinski definition) is 1. The zero-order valence-corrected chi connectivity index (χ0v) is 13.6. The van der Waals surface area contributed by atoms with Crippen LogP contribution >= 0.6 is 24.2 Å². The van der Waals surface area contributed by atoms with Crippen LogP contribution in [0.2, 0.25) is 0 Å². The van der Waals surface area contributed by atoms with Gasteiger partial charge in [0.2, 0.25) is 5.91 Å². The van der Waals surface area contributed by atoms with Gasteiger partial charge in [0.15, 0.2) is 0 Å². The average Bonchev–Trinajstić information content (AvgIpc) is 2.28. The van der Waals surface area contributed by atoms with E-state index in [1.807, 2.05) is 23.6 Å². The van der Waals surface area contributed by atoms with E-state index in [0.29, 0.717) is 11.2 Å². The first-order chi connectivity index (χ1) is 7.88. The second-order valence-corrected chi connectivity index (χ2v) is 6.92. The molecule has 1 aliphatic heterocycles. The molecule has 0 aliphatic carbocycles. The predicted molar refractivity (Wildman–Crippen MR) is 82.4 cm³/mol. The van der Waals surface area contributed by atoms with Crippen molar-refractivity contribution >= 4 is 30.1 Å². The normalized spacial score (nSPS) is 23.4. The van der Waals surface area contributed by atoms with Crippen LogP contribution in [0.25, 0.3) is 0 Å². The van der Waals surface area contributed by atoms with Crippen LogP contribution < -0.4 is 5.73 Å². The van der Waals surface area contributed by atoms with Gasteiger partial charge in [-0.05, 0) is 19.3 Å². The number of carbonyl (C=O) groups is 1. The van der Waals surface area contributed by atoms with Crippen molar-refractivity contribution < 1.29 is 4.79 Å². The van der Waals surface area contributed by atoms with Gasteiger partial charge in [-0.1, -0.05) is 27.2 Å². The third-order valence-corrected chi connectivity index (χ3v) is 4.92. The molecule has 3 nitrogen and oxygen atoms in total. The van der Waals surface area contributed by atoms with Crippen LogP contribution in [0, 0.1) is 5.92 Å². The second kappa shape index (κ2) is 7.61. The molecule has 0 aromatic heterocycles. The summed E-state index contributed by atoms with van der Waals surface area (Å²) < 4.78 is 0. The maximum Gasteiger partial charge on any atom is 0.242 e. The van der Waals surface area contributed by atoms with E-state index >= 15 is 0 Å². The quantitative estimate of drug-likeness (QED) is 0.867. The molecular formula is C13H27ClN2OS. The molecule has 1 amide bonds. The molecule has 1 saturated heterocycles. The Morgan fingerprint density at radius 3 is 2.67 bits per heavy atom. The molecule has 0 radical (unpaired) electrons. The number of rotatable bonds is 4. The summed E-state index contributed by atoms with van der Waals surface area (Å²) in [5, 5.41) is 0.560. The van der Waals surface area contributed by atoms with E-state index < -0.39 is 5.54 Å². The molecule has 0 bridgehead atoms. The van der Waals surface area contributed by atoms with Crippen molar-refractivity contribution in [3.8, 4) is 0 Å². The lowest BCUT2D eigenvalue weighted by Crippen LogP contribution is -2.56. The minimum Gasteiger partial charge on any atom is -0.339 e. The first kappa shape index (κ1) is 18.1. The molecule has 2 atom stereocenters. The van der Waals surface area contributed by atoms with Crippen molar-refractivity contribution in [1.29, 1.82) is 0 Å². The van der Waals surface area contributed by atoms with Crippen LogP contribution in [0.15, 0.2) is 0 Å². The molecule has 1 fully saturated rings. The Kier molecular flexibility index (Phi) is 7.64. The van der Waals surface area contributed by atoms with Gasteiger partial charge in [-0.25, -0.2) is 0 Å². The number of carbonyl (C=O) groups excluding carboxylic acids is 1. The van der Waals surface area contributed by atoms with Gasteiger partial charge in [-0.3, -0.25) is 4.79 Å². The van der Waals surface area contributed by atoms with Gasteiger partial charge in [-0.2, -0.15) is 11.8 Å². The fourth-order valence-corrected chi connectivity index (χ4v) is 3.55. The summed E-state index contributed by atoms with van der Waals surface area (Å²) in [6.45, 7) is 10.1. The molecule has 0 spiro atoms. The van der Waals surface area contributed by atoms with Crippen LogP contribution in [0.1, 0.15) is 40.5 Å². The summed E-state index contributed by atoms with van der Waals surface area (Å²) in [6.07, 6.45) is 1.72. The molecule has 1 heterocycles. The van der Waals surface area contributed by atoms with Gasteiger partial charge in [0.05, 0.1) is 5.54 Å². The smallest absolute Gasteiger partial charge is 0.242 e. The number of thioether (sulfide) groups is 1. The fourth-order valence-electron chi connectivity index (χ4n) is 2.25. The van der Waals surface area contributed by atoms with E-state index in [1.165, 1.54) is 0 Å². The first-order valence-electron chi connectivity index (χ1n) is 6.58. The van der Waals surface area contributed by atoms with Gasteiger partial charge in [0.25, 0.3) is 0 Å². The van der Waals surface area contributed by atoms with E-state index in [2.05, 4.69) is 20.8 Å². The molecule has 0 saturated carbocycles. The summed E-state index contributed by atoms with van der Waals surface area (Å²) in [4.78, 5) is 14.3. The number of nitrogens with two attached hydrogens (primary N) is 1. The van der Waals surface area contributed by atoms with E-state index in [0.717, 1.165) is 31.7 Å². The SMILES string of the molecule is CCCC(C)(N)C(=O)N1CCSC(C(C)C)C1.Cl. The van der Waals surface area contributed by atoms with Crippen molar-refractivity contribution in [3.05, 3.63) is 0 Å². The number of hydrogen-bond acceptors (Lipinski definition) is 3. The maximum absolute atomic E-state index is 12.4. The molecule has 1 rings (SSSR count). The Morgan fingerprint density at radius 1 is 1.56 bits per heavy atom. The lowest BCUT2D eigenvalue weighted by atomic mass is 9.95. The van der Waals surface area contributed by atoms with Crippen LogP contribution in [0.5, 0.6) is 0 Å². The van der Waals surface area contributed by atoms with Crippen LogP contribution in [-0.4, -0.2) is 40.4 Å². The monoisotopic (exact) mass is 294 g/mol. The summed E-state index contributed by atoms with van der Waals surface area (Å²) in [5.41, 5.74) is 5.44. The highest BCUT2D eigenvalue weighted by Gasteiger charge is 2.35. The van der Waals surface area contributed by atoms with Crippen molar-refractivity contribution in [2.45, 2.75) is 51.3 Å². The fraction of sp³-hybridized carbons (Fsp3) is 0.923. The molecule has 18 heavy (non-hydrogen) atoms. The number of halogens is 1. The molecule has 1 aliphatic rings. The minimum atomic E-state index is -0.682. The Hall–Kier alpha value is 0.0700. The lowest BCUT2D eigenvalue weighted by Gasteiger charge is -2.38. The number of nitrogens with zero attached hydrogens (tertiary/aromatic N) is 1. The Labute approximate surface area is 122 Å². The van der Waals surface area contributed by atoms with Crippen LogP contribution in [0.4, 0.5) is 0 Å². The molecule has 2 unspecified atom stereocenters. The largest absolute Gasteiger partial charge is 0.339 e. The topological polar surface area (TPSA) is 46.3 Å². The Morgan fingerprint density at radius 2 is 2.17 bits per heavy atom. The maximum atomic E-state index is 12.4. The standard InChI is InChI=1S/C13H26N2OS.ClH/c1-5-6-13(4,14)12(16)15-7-8-17-11(9-15)10(2)3;/h10-11H,5-9,14H2,1-4H3;1H. The average molecular weight is 295 g/mol. The molecule has 0 aromatic carbocycles. The van der Waals surface area contributed by atoms with E-state index in [4.69, 9.17) is 5.73 Å². The van der Waals surface area contributed by atoms with Gasteiger partial charge in [0, 0.05) is 24.1 Å². The van der Waals surface area contributed by atoms with Gasteiger partial charge in [0.1, 0.15) is 0 Å². The Balaban J connectivity index is 0.00000289. The zero-order valence-electron chi connectivity index (χ0n) is 11.9. The van der Waals surface area contributed by atoms with Gasteiger partial charge in [-0.15, -0.1) is 12.4 Å². The second-order valence-electron chi connectivity index (χ2n) is 5.57. The van der Waals surface area contributed by atoms with Gasteiger partial charge < -0.3 is 10.6 Å². The molecule has 0 aromatic rings. The molecule has 5 heteroatoms. The van der Waals surface area contributed by atoms with Crippen LogP contribution in [0.3, 0.4) is 0 Å². The predicted octanol–water partition coefficient (Wildman–Crippen LogP) is 2.53. The van der Waals surface area contributed by atoms with Crippen molar-refractivity contribution in [2.24, 2.45) is 11.7 Å². The third-order valence-electron chi connectivity index (χ3n) is 3.38. The first-order valence-corrected chi connectivity index (χ1v) is 7.63. The van der Waals surface area contributed by atoms with Crippen molar-refractivity contribution in [3.63, 3.8) is 0 Å². The van der Waals surface area contributed by atoms with Gasteiger partial charge >= 0.3 is 0 Å². The lowest BCUT2D eigenvalue weighted by molar-refractivity contribution is -0.136. The molecular weight excluding hydrogens is 268 g/mol. The van der Waals surface area contributed by atoms with E-state index in [1.54, 1.807) is 0 Å². The highest BCUT2D eigenvalue weighted by Crippen LogP contribution is 2.26. The molecule has 2 N–H and O–H groups in total. The third kappa shape index (κ3) is 4.63. The Bertz CT molecular complexity index is 272. The number of amides is 1. The zero-order chi connectivity index (χ0) is 13.1. The highest BCUT2D eigenvalue weighted by molar-refractivity contribution is 8.00.